The zero-order valence-electron chi connectivity index (χ0n) is 15.0. The third kappa shape index (κ3) is 6.90. The molecule has 1 aliphatic rings. The van der Waals surface area contributed by atoms with E-state index in [0.29, 0.717) is 19.4 Å². The SMILES string of the molecule is CCCCCCCC(O)C(C)(C)C(=O)NC1CCCNC(=O)C1. The van der Waals surface area contributed by atoms with E-state index < -0.39 is 11.5 Å². The first-order valence-electron chi connectivity index (χ1n) is 9.13. The van der Waals surface area contributed by atoms with Crippen molar-refractivity contribution < 1.29 is 14.7 Å². The molecule has 0 aliphatic carbocycles. The first-order chi connectivity index (χ1) is 10.9. The van der Waals surface area contributed by atoms with Crippen LogP contribution in [0.5, 0.6) is 0 Å². The van der Waals surface area contributed by atoms with E-state index >= 15 is 0 Å². The normalized spacial score (nSPS) is 20.5. The number of carbonyl (C=O) groups is 2. The van der Waals surface area contributed by atoms with Gasteiger partial charge in [0.2, 0.25) is 11.8 Å². The van der Waals surface area contributed by atoms with Gasteiger partial charge in [0.25, 0.3) is 0 Å². The van der Waals surface area contributed by atoms with E-state index in [1.54, 1.807) is 13.8 Å². The number of unbranched alkanes of at least 4 members (excludes halogenated alkanes) is 4. The predicted octanol–water partition coefficient (Wildman–Crippen LogP) is 2.52. The Labute approximate surface area is 140 Å². The molecule has 134 valence electrons. The quantitative estimate of drug-likeness (QED) is 0.570. The van der Waals surface area contributed by atoms with Gasteiger partial charge in [-0.15, -0.1) is 0 Å². The van der Waals surface area contributed by atoms with Crippen LogP contribution in [0.15, 0.2) is 0 Å². The standard InChI is InChI=1S/C18H34N2O3/c1-4-5-6-7-8-11-15(21)18(2,3)17(23)20-14-10-9-12-19-16(22)13-14/h14-15,21H,4-13H2,1-3H3,(H,19,22)(H,20,23). The number of hydrogen-bond acceptors (Lipinski definition) is 3. The minimum atomic E-state index is -0.826. The molecule has 23 heavy (non-hydrogen) atoms. The monoisotopic (exact) mass is 326 g/mol. The molecule has 5 heteroatoms. The predicted molar refractivity (Wildman–Crippen MR) is 92.0 cm³/mol. The molecular formula is C18H34N2O3. The van der Waals surface area contributed by atoms with Gasteiger partial charge >= 0.3 is 0 Å². The lowest BCUT2D eigenvalue weighted by molar-refractivity contribution is -0.136. The van der Waals surface area contributed by atoms with Crippen molar-refractivity contribution in [3.63, 3.8) is 0 Å². The van der Waals surface area contributed by atoms with Crippen LogP contribution in [0, 0.1) is 5.41 Å². The lowest BCUT2D eigenvalue weighted by Gasteiger charge is -2.31. The maximum absolute atomic E-state index is 12.5. The summed E-state index contributed by atoms with van der Waals surface area (Å²) in [7, 11) is 0. The Kier molecular flexibility index (Phi) is 8.59. The van der Waals surface area contributed by atoms with Crippen LogP contribution in [0.4, 0.5) is 0 Å². The molecule has 2 unspecified atom stereocenters. The fourth-order valence-electron chi connectivity index (χ4n) is 2.92. The van der Waals surface area contributed by atoms with Gasteiger partial charge in [0.15, 0.2) is 0 Å². The van der Waals surface area contributed by atoms with Gasteiger partial charge in [-0.1, -0.05) is 39.0 Å². The average molecular weight is 326 g/mol. The highest BCUT2D eigenvalue weighted by Gasteiger charge is 2.36. The van der Waals surface area contributed by atoms with E-state index in [2.05, 4.69) is 17.6 Å². The van der Waals surface area contributed by atoms with E-state index in [1.807, 2.05) is 0 Å². The molecule has 0 radical (unpaired) electrons. The molecule has 2 atom stereocenters. The van der Waals surface area contributed by atoms with Crippen molar-refractivity contribution in [3.05, 3.63) is 0 Å². The maximum atomic E-state index is 12.5. The molecule has 0 aromatic rings. The summed E-state index contributed by atoms with van der Waals surface area (Å²) in [4.78, 5) is 24.1. The van der Waals surface area contributed by atoms with Crippen molar-refractivity contribution in [1.82, 2.24) is 10.6 Å². The van der Waals surface area contributed by atoms with Crippen molar-refractivity contribution >= 4 is 11.8 Å². The van der Waals surface area contributed by atoms with E-state index in [-0.39, 0.29) is 17.9 Å². The Bertz CT molecular complexity index is 382. The zero-order valence-corrected chi connectivity index (χ0v) is 15.0. The summed E-state index contributed by atoms with van der Waals surface area (Å²) in [5, 5.41) is 16.2. The Balaban J connectivity index is 2.43. The first-order valence-corrected chi connectivity index (χ1v) is 9.13. The molecule has 0 aromatic carbocycles. The molecule has 0 bridgehead atoms. The second-order valence-electron chi connectivity index (χ2n) is 7.31. The van der Waals surface area contributed by atoms with Crippen LogP contribution < -0.4 is 10.6 Å². The van der Waals surface area contributed by atoms with Gasteiger partial charge in [-0.3, -0.25) is 9.59 Å². The summed E-state index contributed by atoms with van der Waals surface area (Å²) in [6.07, 6.45) is 7.66. The molecule has 0 saturated carbocycles. The van der Waals surface area contributed by atoms with E-state index in [1.165, 1.54) is 19.3 Å². The Morgan fingerprint density at radius 1 is 1.35 bits per heavy atom. The highest BCUT2D eigenvalue weighted by Crippen LogP contribution is 2.26. The van der Waals surface area contributed by atoms with Crippen LogP contribution in [0.1, 0.15) is 78.6 Å². The van der Waals surface area contributed by atoms with Gasteiger partial charge < -0.3 is 15.7 Å². The van der Waals surface area contributed by atoms with Gasteiger partial charge in [0, 0.05) is 19.0 Å². The maximum Gasteiger partial charge on any atom is 0.228 e. The largest absolute Gasteiger partial charge is 0.392 e. The Hall–Kier alpha value is -1.10. The topological polar surface area (TPSA) is 78.4 Å². The molecule has 5 nitrogen and oxygen atoms in total. The van der Waals surface area contributed by atoms with Gasteiger partial charge in [-0.2, -0.15) is 0 Å². The Morgan fingerprint density at radius 2 is 2.04 bits per heavy atom. The molecule has 2 amide bonds. The molecule has 0 aromatic heterocycles. The molecule has 1 saturated heterocycles. The van der Waals surface area contributed by atoms with Crippen molar-refractivity contribution in [2.24, 2.45) is 5.41 Å². The molecule has 1 aliphatic heterocycles. The van der Waals surface area contributed by atoms with Crippen molar-refractivity contribution in [2.45, 2.75) is 90.7 Å². The summed E-state index contributed by atoms with van der Waals surface area (Å²) < 4.78 is 0. The minimum absolute atomic E-state index is 0.0120. The summed E-state index contributed by atoms with van der Waals surface area (Å²) in [5.74, 6) is -0.166. The van der Waals surface area contributed by atoms with Crippen molar-refractivity contribution in [2.75, 3.05) is 6.54 Å². The smallest absolute Gasteiger partial charge is 0.228 e. The molecule has 1 heterocycles. The number of carbonyl (C=O) groups excluding carboxylic acids is 2. The molecule has 3 N–H and O–H groups in total. The number of amides is 2. The number of rotatable bonds is 9. The van der Waals surface area contributed by atoms with Gasteiger partial charge in [0.05, 0.1) is 11.5 Å². The second-order valence-corrected chi connectivity index (χ2v) is 7.31. The highest BCUT2D eigenvalue weighted by atomic mass is 16.3. The van der Waals surface area contributed by atoms with Gasteiger partial charge in [0.1, 0.15) is 0 Å². The van der Waals surface area contributed by atoms with Crippen LogP contribution in [-0.2, 0) is 9.59 Å². The number of aliphatic hydroxyl groups excluding tert-OH is 1. The number of aliphatic hydroxyl groups is 1. The zero-order chi connectivity index (χ0) is 17.3. The number of nitrogens with one attached hydrogen (secondary N) is 2. The Morgan fingerprint density at radius 3 is 2.74 bits per heavy atom. The lowest BCUT2D eigenvalue weighted by atomic mass is 9.82. The van der Waals surface area contributed by atoms with Gasteiger partial charge in [-0.25, -0.2) is 0 Å². The molecule has 1 rings (SSSR count). The van der Waals surface area contributed by atoms with E-state index in [0.717, 1.165) is 25.7 Å². The van der Waals surface area contributed by atoms with Crippen LogP contribution in [0.2, 0.25) is 0 Å². The summed E-state index contributed by atoms with van der Waals surface area (Å²) >= 11 is 0. The third-order valence-corrected chi connectivity index (χ3v) is 4.82. The van der Waals surface area contributed by atoms with E-state index in [9.17, 15) is 14.7 Å². The summed E-state index contributed by atoms with van der Waals surface area (Å²) in [5.41, 5.74) is -0.826. The fraction of sp³-hybridized carbons (Fsp3) is 0.889. The highest BCUT2D eigenvalue weighted by molar-refractivity contribution is 5.84. The minimum Gasteiger partial charge on any atom is -0.392 e. The van der Waals surface area contributed by atoms with Crippen molar-refractivity contribution in [3.8, 4) is 0 Å². The van der Waals surface area contributed by atoms with Crippen LogP contribution in [0.25, 0.3) is 0 Å². The van der Waals surface area contributed by atoms with E-state index in [4.69, 9.17) is 0 Å². The third-order valence-electron chi connectivity index (χ3n) is 4.82. The average Bonchev–Trinajstić information content (AvgIpc) is 2.70. The fourth-order valence-corrected chi connectivity index (χ4v) is 2.92. The van der Waals surface area contributed by atoms with Crippen molar-refractivity contribution in [1.29, 1.82) is 0 Å². The van der Waals surface area contributed by atoms with Crippen LogP contribution >= 0.6 is 0 Å². The molecule has 0 spiro atoms. The number of hydrogen-bond donors (Lipinski definition) is 3. The lowest BCUT2D eigenvalue weighted by Crippen LogP contribution is -2.48. The first kappa shape index (κ1) is 19.9. The van der Waals surface area contributed by atoms with Crippen LogP contribution in [-0.4, -0.2) is 35.6 Å². The van der Waals surface area contributed by atoms with Gasteiger partial charge in [-0.05, 0) is 33.1 Å². The molecule has 1 fully saturated rings. The molecular weight excluding hydrogens is 292 g/mol. The summed E-state index contributed by atoms with van der Waals surface area (Å²) in [6.45, 7) is 6.43. The van der Waals surface area contributed by atoms with Crippen LogP contribution in [0.3, 0.4) is 0 Å². The second kappa shape index (κ2) is 9.91. The summed E-state index contributed by atoms with van der Waals surface area (Å²) in [6, 6.07) is -0.124.